The van der Waals surface area contributed by atoms with Gasteiger partial charge >= 0.3 is 0 Å². The highest BCUT2D eigenvalue weighted by Gasteiger charge is 2.15. The summed E-state index contributed by atoms with van der Waals surface area (Å²) in [6, 6.07) is 9.30. The summed E-state index contributed by atoms with van der Waals surface area (Å²) in [5.41, 5.74) is 2.78. The standard InChI is InChI=1S/C18H24N2O3/c1-4-13-12-17(23-16(13)5-2)18(22)19-14-6-8-15(9-7-14)20(3)10-11-21/h6-9,12,21H,4-5,10-11H2,1-3H3,(H,19,22). The van der Waals surface area contributed by atoms with Crippen LogP contribution in [0, 0.1) is 0 Å². The van der Waals surface area contributed by atoms with Crippen LogP contribution in [-0.4, -0.2) is 31.2 Å². The molecule has 0 aliphatic rings. The van der Waals surface area contributed by atoms with E-state index in [1.54, 1.807) is 0 Å². The average molecular weight is 316 g/mol. The molecule has 1 heterocycles. The summed E-state index contributed by atoms with van der Waals surface area (Å²) in [4.78, 5) is 14.2. The molecule has 0 atom stereocenters. The van der Waals surface area contributed by atoms with E-state index in [9.17, 15) is 4.79 Å². The van der Waals surface area contributed by atoms with E-state index in [0.29, 0.717) is 18.0 Å². The molecule has 0 aliphatic carbocycles. The normalized spacial score (nSPS) is 10.6. The van der Waals surface area contributed by atoms with E-state index in [4.69, 9.17) is 9.52 Å². The number of benzene rings is 1. The second-order valence-corrected chi connectivity index (χ2v) is 5.41. The van der Waals surface area contributed by atoms with Crippen LogP contribution in [-0.2, 0) is 12.8 Å². The highest BCUT2D eigenvalue weighted by atomic mass is 16.4. The van der Waals surface area contributed by atoms with Crippen molar-refractivity contribution >= 4 is 17.3 Å². The highest BCUT2D eigenvalue weighted by Crippen LogP contribution is 2.20. The maximum Gasteiger partial charge on any atom is 0.291 e. The fourth-order valence-electron chi connectivity index (χ4n) is 2.45. The topological polar surface area (TPSA) is 65.7 Å². The molecule has 2 rings (SSSR count). The Bertz CT molecular complexity index is 625. The Morgan fingerprint density at radius 2 is 1.91 bits per heavy atom. The van der Waals surface area contributed by atoms with E-state index in [1.807, 2.05) is 56.1 Å². The number of hydrogen-bond acceptors (Lipinski definition) is 4. The van der Waals surface area contributed by atoms with E-state index in [-0.39, 0.29) is 12.5 Å². The number of rotatable bonds is 7. The summed E-state index contributed by atoms with van der Waals surface area (Å²) in [6.45, 7) is 4.74. The van der Waals surface area contributed by atoms with Gasteiger partial charge in [0.2, 0.25) is 0 Å². The molecule has 0 spiro atoms. The van der Waals surface area contributed by atoms with Crippen molar-refractivity contribution in [3.8, 4) is 0 Å². The molecular formula is C18H24N2O3. The first-order chi connectivity index (χ1) is 11.1. The van der Waals surface area contributed by atoms with Crippen molar-refractivity contribution in [2.45, 2.75) is 26.7 Å². The second kappa shape index (κ2) is 7.83. The van der Waals surface area contributed by atoms with Crippen molar-refractivity contribution < 1.29 is 14.3 Å². The first-order valence-corrected chi connectivity index (χ1v) is 7.94. The third kappa shape index (κ3) is 4.13. The van der Waals surface area contributed by atoms with Crippen molar-refractivity contribution in [1.29, 1.82) is 0 Å². The Labute approximate surface area is 136 Å². The van der Waals surface area contributed by atoms with E-state index >= 15 is 0 Å². The summed E-state index contributed by atoms with van der Waals surface area (Å²) in [7, 11) is 1.91. The number of carbonyl (C=O) groups is 1. The lowest BCUT2D eigenvalue weighted by Crippen LogP contribution is -2.21. The van der Waals surface area contributed by atoms with Crippen LogP contribution in [0.5, 0.6) is 0 Å². The Kier molecular flexibility index (Phi) is 5.82. The number of aliphatic hydroxyl groups is 1. The molecule has 0 unspecified atom stereocenters. The molecule has 0 radical (unpaired) electrons. The predicted molar refractivity (Wildman–Crippen MR) is 92.2 cm³/mol. The van der Waals surface area contributed by atoms with Gasteiger partial charge in [0.05, 0.1) is 6.61 Å². The lowest BCUT2D eigenvalue weighted by molar-refractivity contribution is 0.0995. The summed E-state index contributed by atoms with van der Waals surface area (Å²) in [5, 5.41) is 11.8. The van der Waals surface area contributed by atoms with E-state index < -0.39 is 0 Å². The molecule has 0 bridgehead atoms. The quantitative estimate of drug-likeness (QED) is 0.824. The largest absolute Gasteiger partial charge is 0.456 e. The van der Waals surface area contributed by atoms with Gasteiger partial charge in [-0.25, -0.2) is 0 Å². The summed E-state index contributed by atoms with van der Waals surface area (Å²) >= 11 is 0. The second-order valence-electron chi connectivity index (χ2n) is 5.41. The molecule has 1 amide bonds. The van der Waals surface area contributed by atoms with Gasteiger partial charge in [-0.15, -0.1) is 0 Å². The number of furan rings is 1. The minimum absolute atomic E-state index is 0.104. The third-order valence-electron chi connectivity index (χ3n) is 3.82. The number of hydrogen-bond donors (Lipinski definition) is 2. The minimum Gasteiger partial charge on any atom is -0.456 e. The predicted octanol–water partition coefficient (Wildman–Crippen LogP) is 3.09. The van der Waals surface area contributed by atoms with Crippen LogP contribution in [0.3, 0.4) is 0 Å². The molecule has 23 heavy (non-hydrogen) atoms. The van der Waals surface area contributed by atoms with E-state index in [1.165, 1.54) is 0 Å². The fraction of sp³-hybridized carbons (Fsp3) is 0.389. The number of nitrogens with zero attached hydrogens (tertiary/aromatic N) is 1. The van der Waals surface area contributed by atoms with Gasteiger partial charge < -0.3 is 19.7 Å². The Balaban J connectivity index is 2.06. The number of anilines is 2. The van der Waals surface area contributed by atoms with Gasteiger partial charge in [0.25, 0.3) is 5.91 Å². The number of carbonyl (C=O) groups excluding carboxylic acids is 1. The van der Waals surface area contributed by atoms with Gasteiger partial charge in [-0.1, -0.05) is 13.8 Å². The number of nitrogens with one attached hydrogen (secondary N) is 1. The minimum atomic E-state index is -0.240. The lowest BCUT2D eigenvalue weighted by Gasteiger charge is -2.18. The van der Waals surface area contributed by atoms with Crippen LogP contribution in [0.15, 0.2) is 34.7 Å². The molecule has 0 saturated heterocycles. The zero-order valence-corrected chi connectivity index (χ0v) is 13.9. The molecule has 1 aromatic heterocycles. The van der Waals surface area contributed by atoms with Crippen molar-refractivity contribution in [3.05, 3.63) is 47.4 Å². The molecule has 5 nitrogen and oxygen atoms in total. The number of likely N-dealkylation sites (N-methyl/N-ethyl adjacent to an activating group) is 1. The van der Waals surface area contributed by atoms with Gasteiger partial charge in [0.15, 0.2) is 5.76 Å². The molecule has 0 fully saturated rings. The third-order valence-corrected chi connectivity index (χ3v) is 3.82. The van der Waals surface area contributed by atoms with Crippen LogP contribution < -0.4 is 10.2 Å². The number of amides is 1. The monoisotopic (exact) mass is 316 g/mol. The zero-order chi connectivity index (χ0) is 16.8. The molecule has 2 aromatic rings. The summed E-state index contributed by atoms with van der Waals surface area (Å²) in [5.74, 6) is 0.981. The molecule has 2 N–H and O–H groups in total. The van der Waals surface area contributed by atoms with Gasteiger partial charge in [0, 0.05) is 31.4 Å². The smallest absolute Gasteiger partial charge is 0.291 e. The van der Waals surface area contributed by atoms with Crippen molar-refractivity contribution in [2.24, 2.45) is 0 Å². The maximum atomic E-state index is 12.3. The van der Waals surface area contributed by atoms with Crippen LogP contribution >= 0.6 is 0 Å². The number of aliphatic hydroxyl groups excluding tert-OH is 1. The van der Waals surface area contributed by atoms with Crippen LogP contribution in [0.1, 0.15) is 35.7 Å². The van der Waals surface area contributed by atoms with Crippen LogP contribution in [0.4, 0.5) is 11.4 Å². The van der Waals surface area contributed by atoms with Crippen molar-refractivity contribution in [3.63, 3.8) is 0 Å². The number of aryl methyl sites for hydroxylation is 2. The Morgan fingerprint density at radius 3 is 2.43 bits per heavy atom. The first kappa shape index (κ1) is 17.1. The van der Waals surface area contributed by atoms with Gasteiger partial charge in [-0.05, 0) is 42.3 Å². The van der Waals surface area contributed by atoms with Crippen LogP contribution in [0.2, 0.25) is 0 Å². The Morgan fingerprint density at radius 1 is 1.22 bits per heavy atom. The molecule has 124 valence electrons. The molecule has 0 aliphatic heterocycles. The van der Waals surface area contributed by atoms with Crippen LogP contribution in [0.25, 0.3) is 0 Å². The first-order valence-electron chi connectivity index (χ1n) is 7.94. The van der Waals surface area contributed by atoms with Gasteiger partial charge in [-0.3, -0.25) is 4.79 Å². The summed E-state index contributed by atoms with van der Waals surface area (Å²) < 4.78 is 5.63. The average Bonchev–Trinajstić information content (AvgIpc) is 2.99. The van der Waals surface area contributed by atoms with E-state index in [0.717, 1.165) is 29.9 Å². The fourth-order valence-corrected chi connectivity index (χ4v) is 2.45. The van der Waals surface area contributed by atoms with Crippen molar-refractivity contribution in [2.75, 3.05) is 30.4 Å². The maximum absolute atomic E-state index is 12.3. The highest BCUT2D eigenvalue weighted by molar-refractivity contribution is 6.02. The van der Waals surface area contributed by atoms with E-state index in [2.05, 4.69) is 5.32 Å². The van der Waals surface area contributed by atoms with Gasteiger partial charge in [-0.2, -0.15) is 0 Å². The molecular weight excluding hydrogens is 292 g/mol. The lowest BCUT2D eigenvalue weighted by atomic mass is 10.1. The summed E-state index contributed by atoms with van der Waals surface area (Å²) in [6.07, 6.45) is 1.63. The zero-order valence-electron chi connectivity index (χ0n) is 13.9. The molecule has 0 saturated carbocycles. The van der Waals surface area contributed by atoms with Gasteiger partial charge in [0.1, 0.15) is 5.76 Å². The van der Waals surface area contributed by atoms with Crippen molar-refractivity contribution in [1.82, 2.24) is 0 Å². The molecule has 5 heteroatoms. The Hall–Kier alpha value is -2.27. The SMILES string of the molecule is CCc1cc(C(=O)Nc2ccc(N(C)CCO)cc2)oc1CC. The molecule has 1 aromatic carbocycles.